The van der Waals surface area contributed by atoms with Gasteiger partial charge in [-0.25, -0.2) is 14.8 Å². The standard InChI is InChI=1S/C14H15N3O2S/c1-3-6-17(9-4-5-9)12-10-8(2)11(14(18)19)20-13(10)16-7-15-12/h3,7,9H,1,4-6H2,2H3,(H,18,19). The number of hydrogen-bond donors (Lipinski definition) is 1. The summed E-state index contributed by atoms with van der Waals surface area (Å²) >= 11 is 1.21. The van der Waals surface area contributed by atoms with E-state index in [4.69, 9.17) is 0 Å². The van der Waals surface area contributed by atoms with E-state index in [1.54, 1.807) is 0 Å². The van der Waals surface area contributed by atoms with Crippen LogP contribution in [-0.4, -0.2) is 33.6 Å². The van der Waals surface area contributed by atoms with Gasteiger partial charge in [0.1, 0.15) is 21.9 Å². The Labute approximate surface area is 120 Å². The lowest BCUT2D eigenvalue weighted by atomic mass is 10.2. The van der Waals surface area contributed by atoms with E-state index in [1.807, 2.05) is 13.0 Å². The highest BCUT2D eigenvalue weighted by molar-refractivity contribution is 7.20. The molecule has 0 unspecified atom stereocenters. The number of carboxylic acid groups (broad SMARTS) is 1. The predicted octanol–water partition coefficient (Wildman–Crippen LogP) is 2.85. The van der Waals surface area contributed by atoms with Crippen molar-refractivity contribution in [3.63, 3.8) is 0 Å². The van der Waals surface area contributed by atoms with Crippen molar-refractivity contribution in [1.82, 2.24) is 9.97 Å². The molecule has 0 radical (unpaired) electrons. The average molecular weight is 289 g/mol. The van der Waals surface area contributed by atoms with Crippen molar-refractivity contribution in [3.8, 4) is 0 Å². The number of aromatic nitrogens is 2. The van der Waals surface area contributed by atoms with E-state index >= 15 is 0 Å². The Morgan fingerprint density at radius 1 is 1.60 bits per heavy atom. The maximum Gasteiger partial charge on any atom is 0.346 e. The topological polar surface area (TPSA) is 66.3 Å². The molecule has 2 aromatic heterocycles. The van der Waals surface area contributed by atoms with E-state index < -0.39 is 5.97 Å². The molecule has 5 nitrogen and oxygen atoms in total. The number of carboxylic acids is 1. The summed E-state index contributed by atoms with van der Waals surface area (Å²) in [6, 6.07) is 0.485. The van der Waals surface area contributed by atoms with E-state index in [0.29, 0.717) is 17.5 Å². The highest BCUT2D eigenvalue weighted by Gasteiger charge is 2.31. The highest BCUT2D eigenvalue weighted by Crippen LogP contribution is 2.38. The molecule has 1 fully saturated rings. The predicted molar refractivity (Wildman–Crippen MR) is 79.7 cm³/mol. The maximum atomic E-state index is 11.3. The Morgan fingerprint density at radius 2 is 2.35 bits per heavy atom. The van der Waals surface area contributed by atoms with Crippen molar-refractivity contribution in [1.29, 1.82) is 0 Å². The molecule has 0 amide bonds. The number of fused-ring (bicyclic) bond motifs is 1. The molecule has 1 aliphatic rings. The molecule has 0 aliphatic heterocycles. The first kappa shape index (κ1) is 13.1. The molecule has 1 aliphatic carbocycles. The third-order valence-corrected chi connectivity index (χ3v) is 4.67. The Hall–Kier alpha value is -1.95. The lowest BCUT2D eigenvalue weighted by Gasteiger charge is -2.22. The fourth-order valence-electron chi connectivity index (χ4n) is 2.41. The molecule has 0 spiro atoms. The molecule has 1 N–H and O–H groups in total. The fourth-order valence-corrected chi connectivity index (χ4v) is 3.39. The first-order chi connectivity index (χ1) is 9.63. The molecule has 0 saturated heterocycles. The van der Waals surface area contributed by atoms with Gasteiger partial charge in [-0.1, -0.05) is 6.08 Å². The summed E-state index contributed by atoms with van der Waals surface area (Å²) in [5, 5.41) is 10.1. The maximum absolute atomic E-state index is 11.3. The molecular formula is C14H15N3O2S. The van der Waals surface area contributed by atoms with Crippen molar-refractivity contribution in [2.45, 2.75) is 25.8 Å². The molecule has 20 heavy (non-hydrogen) atoms. The zero-order chi connectivity index (χ0) is 14.3. The third kappa shape index (κ3) is 2.06. The number of hydrogen-bond acceptors (Lipinski definition) is 5. The van der Waals surface area contributed by atoms with Crippen molar-refractivity contribution < 1.29 is 9.90 Å². The second-order valence-corrected chi connectivity index (χ2v) is 5.91. The van der Waals surface area contributed by atoms with Gasteiger partial charge in [-0.15, -0.1) is 17.9 Å². The smallest absolute Gasteiger partial charge is 0.346 e. The highest BCUT2D eigenvalue weighted by atomic mass is 32.1. The minimum Gasteiger partial charge on any atom is -0.477 e. The Morgan fingerprint density at radius 3 is 2.95 bits per heavy atom. The van der Waals surface area contributed by atoms with Crippen LogP contribution in [0.15, 0.2) is 19.0 Å². The Bertz CT molecular complexity index is 691. The summed E-state index contributed by atoms with van der Waals surface area (Å²) in [6.45, 7) is 6.34. The van der Waals surface area contributed by atoms with Crippen LogP contribution in [-0.2, 0) is 0 Å². The Balaban J connectivity index is 2.19. The monoisotopic (exact) mass is 289 g/mol. The van der Waals surface area contributed by atoms with E-state index in [0.717, 1.165) is 34.4 Å². The van der Waals surface area contributed by atoms with Gasteiger partial charge in [-0.05, 0) is 25.3 Å². The minimum absolute atomic E-state index is 0.344. The summed E-state index contributed by atoms with van der Waals surface area (Å²) in [6.07, 6.45) is 5.66. The van der Waals surface area contributed by atoms with Crippen molar-refractivity contribution in [3.05, 3.63) is 29.4 Å². The fraction of sp³-hybridized carbons (Fsp3) is 0.357. The van der Waals surface area contributed by atoms with E-state index in [-0.39, 0.29) is 0 Å². The van der Waals surface area contributed by atoms with Gasteiger partial charge in [0, 0.05) is 12.6 Å². The zero-order valence-electron chi connectivity index (χ0n) is 11.2. The molecular weight excluding hydrogens is 274 g/mol. The molecule has 3 rings (SSSR count). The van der Waals surface area contributed by atoms with Crippen LogP contribution in [0, 0.1) is 6.92 Å². The van der Waals surface area contributed by atoms with E-state index in [1.165, 1.54) is 17.7 Å². The van der Waals surface area contributed by atoms with Crippen LogP contribution in [0.3, 0.4) is 0 Å². The summed E-state index contributed by atoms with van der Waals surface area (Å²) in [7, 11) is 0. The summed E-state index contributed by atoms with van der Waals surface area (Å²) < 4.78 is 0. The second-order valence-electron chi connectivity index (χ2n) is 4.91. The first-order valence-corrected chi connectivity index (χ1v) is 7.30. The van der Waals surface area contributed by atoms with Gasteiger partial charge < -0.3 is 10.0 Å². The quantitative estimate of drug-likeness (QED) is 0.857. The molecule has 2 aromatic rings. The largest absolute Gasteiger partial charge is 0.477 e. The van der Waals surface area contributed by atoms with Gasteiger partial charge in [-0.3, -0.25) is 0 Å². The molecule has 1 saturated carbocycles. The third-order valence-electron chi connectivity index (χ3n) is 3.49. The SMILES string of the molecule is C=CCN(c1ncnc2sc(C(=O)O)c(C)c12)C1CC1. The van der Waals surface area contributed by atoms with Crippen molar-refractivity contribution in [2.75, 3.05) is 11.4 Å². The second kappa shape index (κ2) is 4.86. The van der Waals surface area contributed by atoms with Gasteiger partial charge in [-0.2, -0.15) is 0 Å². The Kier molecular flexibility index (Phi) is 3.17. The van der Waals surface area contributed by atoms with Crippen LogP contribution in [0.2, 0.25) is 0 Å². The van der Waals surface area contributed by atoms with Crippen LogP contribution >= 0.6 is 11.3 Å². The van der Waals surface area contributed by atoms with Gasteiger partial charge >= 0.3 is 5.97 Å². The number of carbonyl (C=O) groups is 1. The number of aryl methyl sites for hydroxylation is 1. The normalized spacial score (nSPS) is 14.4. The van der Waals surface area contributed by atoms with Gasteiger partial charge in [0.25, 0.3) is 0 Å². The zero-order valence-corrected chi connectivity index (χ0v) is 12.0. The van der Waals surface area contributed by atoms with Crippen LogP contribution in [0.25, 0.3) is 10.2 Å². The minimum atomic E-state index is -0.904. The average Bonchev–Trinajstić information content (AvgIpc) is 3.20. The van der Waals surface area contributed by atoms with E-state index in [2.05, 4.69) is 21.4 Å². The lowest BCUT2D eigenvalue weighted by molar-refractivity contribution is 0.0701. The van der Waals surface area contributed by atoms with Gasteiger partial charge in [0.15, 0.2) is 0 Å². The van der Waals surface area contributed by atoms with Crippen LogP contribution in [0.5, 0.6) is 0 Å². The number of anilines is 1. The molecule has 6 heteroatoms. The number of aromatic carboxylic acids is 1. The summed E-state index contributed by atoms with van der Waals surface area (Å²) in [5.74, 6) is -0.0724. The van der Waals surface area contributed by atoms with Crippen molar-refractivity contribution in [2.24, 2.45) is 0 Å². The molecule has 0 aromatic carbocycles. The van der Waals surface area contributed by atoms with Crippen LogP contribution in [0.1, 0.15) is 28.1 Å². The summed E-state index contributed by atoms with van der Waals surface area (Å²) in [5.41, 5.74) is 0.753. The number of thiophene rings is 1. The molecule has 2 heterocycles. The van der Waals surface area contributed by atoms with Gasteiger partial charge in [0.05, 0.1) is 5.39 Å². The number of nitrogens with zero attached hydrogens (tertiary/aromatic N) is 3. The number of rotatable bonds is 5. The molecule has 104 valence electrons. The van der Waals surface area contributed by atoms with Crippen LogP contribution in [0.4, 0.5) is 5.82 Å². The van der Waals surface area contributed by atoms with E-state index in [9.17, 15) is 9.90 Å². The summed E-state index contributed by atoms with van der Waals surface area (Å²) in [4.78, 5) is 23.2. The molecule has 0 bridgehead atoms. The van der Waals surface area contributed by atoms with Gasteiger partial charge in [0.2, 0.25) is 0 Å². The van der Waals surface area contributed by atoms with Crippen molar-refractivity contribution >= 4 is 33.3 Å². The van der Waals surface area contributed by atoms with Crippen LogP contribution < -0.4 is 4.90 Å². The molecule has 0 atom stereocenters. The first-order valence-electron chi connectivity index (χ1n) is 6.48. The lowest BCUT2D eigenvalue weighted by Crippen LogP contribution is -2.26.